The number of benzene rings is 2. The summed E-state index contributed by atoms with van der Waals surface area (Å²) in [6.07, 6.45) is 0.349. The standard InChI is InChI=1S/C48H88O8Si3/c1-36(45(50)42(49)33-41(54-57(13,14)46(3,4)5)27-24-37(2)53-35-39-25-28-40(51-12)29-26-39)32-44(56-59(17,18)48(9,10)11)43(55-58(15,16)47(6,7)8)30-31-52-34-38-22-20-19-21-23-38/h19-23,25-26,28-29,36-37,41-45,49-50H,24,27,30-35H2,1-18H3/t36-,37?,41-,42+,43-,44-,45-/m0/s1. The quantitative estimate of drug-likeness (QED) is 0.0752. The zero-order chi connectivity index (χ0) is 45.0. The molecule has 0 radical (unpaired) electrons. The van der Waals surface area contributed by atoms with Gasteiger partial charge in [0.05, 0.1) is 50.8 Å². The maximum atomic E-state index is 12.0. The van der Waals surface area contributed by atoms with E-state index in [1.165, 1.54) is 0 Å². The number of hydrogen-bond acceptors (Lipinski definition) is 8. The monoisotopic (exact) mass is 877 g/mol. The third-order valence-corrected chi connectivity index (χ3v) is 27.1. The predicted molar refractivity (Wildman–Crippen MR) is 254 cm³/mol. The van der Waals surface area contributed by atoms with Gasteiger partial charge >= 0.3 is 0 Å². The first kappa shape index (κ1) is 53.7. The largest absolute Gasteiger partial charge is 0.497 e. The fourth-order valence-corrected chi connectivity index (χ4v) is 10.4. The highest BCUT2D eigenvalue weighted by molar-refractivity contribution is 6.75. The van der Waals surface area contributed by atoms with Crippen molar-refractivity contribution in [1.82, 2.24) is 0 Å². The van der Waals surface area contributed by atoms with Crippen LogP contribution >= 0.6 is 0 Å². The van der Waals surface area contributed by atoms with Crippen LogP contribution in [0.15, 0.2) is 54.6 Å². The average Bonchev–Trinajstić information content (AvgIpc) is 3.12. The van der Waals surface area contributed by atoms with Gasteiger partial charge in [-0.05, 0) is 116 Å². The van der Waals surface area contributed by atoms with Gasteiger partial charge in [-0.25, -0.2) is 0 Å². The molecule has 0 amide bonds. The molecule has 0 aliphatic heterocycles. The summed E-state index contributed by atoms with van der Waals surface area (Å²) in [4.78, 5) is 0. The van der Waals surface area contributed by atoms with E-state index in [0.29, 0.717) is 39.1 Å². The lowest BCUT2D eigenvalue weighted by molar-refractivity contribution is -0.0585. The van der Waals surface area contributed by atoms with Gasteiger partial charge < -0.3 is 37.7 Å². The summed E-state index contributed by atoms with van der Waals surface area (Å²) in [6.45, 7) is 39.7. The maximum Gasteiger partial charge on any atom is 0.192 e. The average molecular weight is 877 g/mol. The fraction of sp³-hybridized carbons (Fsp3) is 0.750. The molecule has 2 aromatic rings. The van der Waals surface area contributed by atoms with Crippen molar-refractivity contribution >= 4 is 25.0 Å². The van der Waals surface area contributed by atoms with Crippen molar-refractivity contribution in [2.24, 2.45) is 5.92 Å². The van der Waals surface area contributed by atoms with Crippen molar-refractivity contribution in [2.75, 3.05) is 13.7 Å². The summed E-state index contributed by atoms with van der Waals surface area (Å²) >= 11 is 0. The van der Waals surface area contributed by atoms with E-state index in [4.69, 9.17) is 27.5 Å². The minimum atomic E-state index is -2.29. The van der Waals surface area contributed by atoms with Gasteiger partial charge in [0.2, 0.25) is 0 Å². The summed E-state index contributed by atoms with van der Waals surface area (Å²) < 4.78 is 39.4. The van der Waals surface area contributed by atoms with Gasteiger partial charge in [0, 0.05) is 19.1 Å². The molecule has 0 heterocycles. The highest BCUT2D eigenvalue weighted by Crippen LogP contribution is 2.43. The van der Waals surface area contributed by atoms with Crippen LogP contribution in [0.3, 0.4) is 0 Å². The normalized spacial score (nSPS) is 17.2. The molecule has 1 unspecified atom stereocenters. The van der Waals surface area contributed by atoms with Crippen LogP contribution in [0.4, 0.5) is 0 Å². The lowest BCUT2D eigenvalue weighted by Crippen LogP contribution is -2.53. The Bertz CT molecular complexity index is 1460. The second-order valence-corrected chi connectivity index (χ2v) is 36.0. The third-order valence-electron chi connectivity index (χ3n) is 13.5. The van der Waals surface area contributed by atoms with E-state index < -0.39 is 37.2 Å². The molecule has 0 bridgehead atoms. The summed E-state index contributed by atoms with van der Waals surface area (Å²) in [5, 5.41) is 23.8. The van der Waals surface area contributed by atoms with Gasteiger partial charge in [0.1, 0.15) is 5.75 Å². The Morgan fingerprint density at radius 3 is 1.58 bits per heavy atom. The van der Waals surface area contributed by atoms with Crippen LogP contribution in [0.1, 0.15) is 119 Å². The molecule has 11 heteroatoms. The highest BCUT2D eigenvalue weighted by Gasteiger charge is 2.46. The summed E-state index contributed by atoms with van der Waals surface area (Å²) in [5.74, 6) is 0.556. The van der Waals surface area contributed by atoms with Crippen molar-refractivity contribution in [3.8, 4) is 5.75 Å². The first-order valence-electron chi connectivity index (χ1n) is 22.3. The van der Waals surface area contributed by atoms with Crippen molar-refractivity contribution in [3.63, 3.8) is 0 Å². The number of hydrogen-bond donors (Lipinski definition) is 2. The number of methoxy groups -OCH3 is 1. The van der Waals surface area contributed by atoms with E-state index in [1.54, 1.807) is 7.11 Å². The molecule has 340 valence electrons. The molecular formula is C48H88O8Si3. The molecule has 0 saturated heterocycles. The van der Waals surface area contributed by atoms with E-state index >= 15 is 0 Å². The minimum Gasteiger partial charge on any atom is -0.497 e. The Morgan fingerprint density at radius 1 is 0.576 bits per heavy atom. The molecule has 0 fully saturated rings. The van der Waals surface area contributed by atoms with Crippen LogP contribution in [-0.2, 0) is 36.0 Å². The minimum absolute atomic E-state index is 0.00311. The van der Waals surface area contributed by atoms with E-state index in [-0.39, 0.29) is 45.4 Å². The molecule has 2 aromatic carbocycles. The first-order chi connectivity index (χ1) is 27.0. The molecule has 0 saturated carbocycles. The molecule has 59 heavy (non-hydrogen) atoms. The predicted octanol–water partition coefficient (Wildman–Crippen LogP) is 12.3. The smallest absolute Gasteiger partial charge is 0.192 e. The second kappa shape index (κ2) is 22.8. The molecule has 2 rings (SSSR count). The zero-order valence-corrected chi connectivity index (χ0v) is 43.7. The Morgan fingerprint density at radius 2 is 1.07 bits per heavy atom. The van der Waals surface area contributed by atoms with Crippen molar-refractivity contribution < 1.29 is 37.7 Å². The van der Waals surface area contributed by atoms with Crippen molar-refractivity contribution in [3.05, 3.63) is 65.7 Å². The summed E-state index contributed by atoms with van der Waals surface area (Å²) in [6, 6.07) is 18.2. The number of rotatable bonds is 25. The second-order valence-electron chi connectivity index (χ2n) is 21.7. The summed E-state index contributed by atoms with van der Waals surface area (Å²) in [7, 11) is -5.06. The topological polar surface area (TPSA) is 95.8 Å². The van der Waals surface area contributed by atoms with Crippen LogP contribution in [0.25, 0.3) is 0 Å². The number of aliphatic hydroxyl groups is 2. The third kappa shape index (κ3) is 17.7. The van der Waals surface area contributed by atoms with Crippen molar-refractivity contribution in [2.45, 2.75) is 212 Å². The number of aliphatic hydroxyl groups excluding tert-OH is 2. The molecule has 0 aliphatic carbocycles. The van der Waals surface area contributed by atoms with Crippen LogP contribution in [0.5, 0.6) is 5.75 Å². The van der Waals surface area contributed by atoms with Crippen LogP contribution in [0, 0.1) is 5.92 Å². The van der Waals surface area contributed by atoms with Crippen LogP contribution in [-0.4, -0.2) is 85.5 Å². The Labute approximate surface area is 364 Å². The molecule has 0 aromatic heterocycles. The van der Waals surface area contributed by atoms with Crippen molar-refractivity contribution in [1.29, 1.82) is 0 Å². The van der Waals surface area contributed by atoms with Crippen LogP contribution in [0.2, 0.25) is 54.4 Å². The molecule has 0 aliphatic rings. The Hall–Kier alpha value is -1.39. The van der Waals surface area contributed by atoms with E-state index in [9.17, 15) is 10.2 Å². The van der Waals surface area contributed by atoms with Gasteiger partial charge in [0.15, 0.2) is 25.0 Å². The SMILES string of the molecule is COc1ccc(COC(C)CC[C@@H](C[C@@H](O)[C@@H](O)[C@@H](C)C[C@H](O[Si](C)(C)C(C)(C)C)[C@H](CCOCc2ccccc2)O[Si](C)(C)C(C)(C)C)O[Si](C)(C)C(C)(C)C)cc1. The molecular weight excluding hydrogens is 789 g/mol. The Balaban J connectivity index is 2.33. The molecule has 7 atom stereocenters. The van der Waals surface area contributed by atoms with Gasteiger partial charge in [0.25, 0.3) is 0 Å². The lowest BCUT2D eigenvalue weighted by Gasteiger charge is -2.46. The lowest BCUT2D eigenvalue weighted by atomic mass is 9.89. The molecule has 0 spiro atoms. The van der Waals surface area contributed by atoms with Gasteiger partial charge in [-0.2, -0.15) is 0 Å². The van der Waals surface area contributed by atoms with E-state index in [1.807, 2.05) is 49.4 Å². The van der Waals surface area contributed by atoms with E-state index in [0.717, 1.165) is 29.7 Å². The highest BCUT2D eigenvalue weighted by atomic mass is 28.4. The summed E-state index contributed by atoms with van der Waals surface area (Å²) in [5.41, 5.74) is 2.23. The van der Waals surface area contributed by atoms with Gasteiger partial charge in [-0.1, -0.05) is 112 Å². The van der Waals surface area contributed by atoms with Gasteiger partial charge in [-0.15, -0.1) is 0 Å². The first-order valence-corrected chi connectivity index (χ1v) is 31.0. The maximum absolute atomic E-state index is 12.0. The molecule has 8 nitrogen and oxygen atoms in total. The molecule has 2 N–H and O–H groups in total. The Kier molecular flexibility index (Phi) is 20.8. The number of ether oxygens (including phenoxy) is 3. The van der Waals surface area contributed by atoms with Gasteiger partial charge in [-0.3, -0.25) is 0 Å². The van der Waals surface area contributed by atoms with Crippen LogP contribution < -0.4 is 4.74 Å². The van der Waals surface area contributed by atoms with E-state index in [2.05, 4.69) is 121 Å². The fourth-order valence-electron chi connectivity index (χ4n) is 6.25. The zero-order valence-electron chi connectivity index (χ0n) is 40.7.